The van der Waals surface area contributed by atoms with E-state index in [1.54, 1.807) is 6.07 Å². The molecule has 2 aliphatic heterocycles. The Morgan fingerprint density at radius 2 is 1.95 bits per heavy atom. The number of carbonyl (C=O) groups excluding carboxylic acids is 3. The lowest BCUT2D eigenvalue weighted by atomic mass is 9.88. The fourth-order valence-corrected chi connectivity index (χ4v) is 5.34. The number of nitrogens with zero attached hydrogens (tertiary/aromatic N) is 3. The molecule has 0 radical (unpaired) electrons. The molecule has 2 aromatic rings. The lowest BCUT2D eigenvalue weighted by Gasteiger charge is -2.41. The summed E-state index contributed by atoms with van der Waals surface area (Å²) in [6, 6.07) is 9.27. The number of anilines is 1. The SMILES string of the molecule is CN1C(=O)N(c2cccc(C(F)(F)F)c2)C2=C(C(=O)CC2)C1c1ccc(C#N)cc1C(=O)N[C@@H]1CCNC1. The predicted molar refractivity (Wildman–Crippen MR) is 131 cm³/mol. The largest absolute Gasteiger partial charge is 0.416 e. The molecule has 196 valence electrons. The number of nitriles is 1. The summed E-state index contributed by atoms with van der Waals surface area (Å²) >= 11 is 0. The van der Waals surface area contributed by atoms with E-state index in [-0.39, 0.29) is 47.1 Å². The fourth-order valence-electron chi connectivity index (χ4n) is 5.34. The summed E-state index contributed by atoms with van der Waals surface area (Å²) in [5.74, 6) is -0.684. The Bertz CT molecular complexity index is 1410. The first kappa shape index (κ1) is 25.5. The number of hydrogen-bond acceptors (Lipinski definition) is 5. The van der Waals surface area contributed by atoms with Gasteiger partial charge in [0.15, 0.2) is 5.78 Å². The maximum Gasteiger partial charge on any atom is 0.416 e. The van der Waals surface area contributed by atoms with Crippen LogP contribution in [0.15, 0.2) is 53.7 Å². The van der Waals surface area contributed by atoms with E-state index in [4.69, 9.17) is 0 Å². The Morgan fingerprint density at radius 1 is 1.16 bits per heavy atom. The Balaban J connectivity index is 1.62. The molecule has 2 N–H and O–H groups in total. The van der Waals surface area contributed by atoms with E-state index in [9.17, 15) is 32.8 Å². The molecule has 38 heavy (non-hydrogen) atoms. The number of carbonyl (C=O) groups is 3. The zero-order valence-electron chi connectivity index (χ0n) is 20.4. The van der Waals surface area contributed by atoms with Crippen molar-refractivity contribution in [2.45, 2.75) is 37.5 Å². The molecule has 0 saturated carbocycles. The van der Waals surface area contributed by atoms with Crippen LogP contribution < -0.4 is 15.5 Å². The quantitative estimate of drug-likeness (QED) is 0.633. The average molecular weight is 524 g/mol. The van der Waals surface area contributed by atoms with Crippen molar-refractivity contribution in [2.24, 2.45) is 0 Å². The van der Waals surface area contributed by atoms with Gasteiger partial charge in [-0.15, -0.1) is 0 Å². The van der Waals surface area contributed by atoms with Gasteiger partial charge in [-0.3, -0.25) is 14.5 Å². The van der Waals surface area contributed by atoms with Crippen LogP contribution in [0.2, 0.25) is 0 Å². The number of ketones is 1. The van der Waals surface area contributed by atoms with Gasteiger partial charge in [0.1, 0.15) is 0 Å². The van der Waals surface area contributed by atoms with Crippen LogP contribution in [0.3, 0.4) is 0 Å². The van der Waals surface area contributed by atoms with E-state index in [2.05, 4.69) is 10.6 Å². The van der Waals surface area contributed by atoms with Gasteiger partial charge in [0.2, 0.25) is 0 Å². The second-order valence-electron chi connectivity index (χ2n) is 9.54. The van der Waals surface area contributed by atoms with Crippen molar-refractivity contribution in [1.82, 2.24) is 15.5 Å². The van der Waals surface area contributed by atoms with Crippen LogP contribution in [0.5, 0.6) is 0 Å². The van der Waals surface area contributed by atoms with Gasteiger partial charge in [0.25, 0.3) is 5.91 Å². The third-order valence-corrected chi connectivity index (χ3v) is 7.17. The molecule has 0 bridgehead atoms. The van der Waals surface area contributed by atoms with Gasteiger partial charge in [-0.25, -0.2) is 4.79 Å². The summed E-state index contributed by atoms with van der Waals surface area (Å²) in [6.45, 7) is 1.35. The monoisotopic (exact) mass is 523 g/mol. The van der Waals surface area contributed by atoms with Crippen LogP contribution in [0.4, 0.5) is 23.7 Å². The summed E-state index contributed by atoms with van der Waals surface area (Å²) < 4.78 is 40.2. The highest BCUT2D eigenvalue weighted by Gasteiger charge is 2.46. The second-order valence-corrected chi connectivity index (χ2v) is 9.54. The summed E-state index contributed by atoms with van der Waals surface area (Å²) in [4.78, 5) is 42.6. The van der Waals surface area contributed by atoms with Crippen molar-refractivity contribution in [3.63, 3.8) is 0 Å². The molecule has 1 aliphatic carbocycles. The average Bonchev–Trinajstić information content (AvgIpc) is 3.54. The molecule has 3 amide bonds. The number of benzene rings is 2. The fraction of sp³-hybridized carbons (Fsp3) is 0.333. The molecule has 2 heterocycles. The predicted octanol–water partition coefficient (Wildman–Crippen LogP) is 3.90. The van der Waals surface area contributed by atoms with E-state index in [1.165, 1.54) is 36.2 Å². The van der Waals surface area contributed by atoms with Gasteiger partial charge in [-0.05, 0) is 55.3 Å². The summed E-state index contributed by atoms with van der Waals surface area (Å²) in [5.41, 5.74) is 0.444. The van der Waals surface area contributed by atoms with Gasteiger partial charge >= 0.3 is 12.2 Å². The second kappa shape index (κ2) is 9.61. The van der Waals surface area contributed by atoms with Crippen LogP contribution in [0, 0.1) is 11.3 Å². The molecule has 0 spiro atoms. The van der Waals surface area contributed by atoms with Crippen molar-refractivity contribution < 1.29 is 27.6 Å². The smallest absolute Gasteiger partial charge is 0.348 e. The Labute approximate surface area is 216 Å². The minimum atomic E-state index is -4.61. The molecular formula is C27H24F3N5O3. The summed E-state index contributed by atoms with van der Waals surface area (Å²) in [6.07, 6.45) is -3.61. The zero-order valence-corrected chi connectivity index (χ0v) is 20.4. The van der Waals surface area contributed by atoms with Gasteiger partial charge in [0, 0.05) is 42.9 Å². The van der Waals surface area contributed by atoms with Crippen LogP contribution in [0.25, 0.3) is 0 Å². The number of amides is 3. The van der Waals surface area contributed by atoms with E-state index in [0.717, 1.165) is 30.0 Å². The minimum Gasteiger partial charge on any atom is -0.348 e. The Kier molecular flexibility index (Phi) is 6.44. The van der Waals surface area contributed by atoms with E-state index < -0.39 is 29.7 Å². The minimum absolute atomic E-state index is 0.00357. The lowest BCUT2D eigenvalue weighted by molar-refractivity contribution is -0.137. The number of alkyl halides is 3. The molecule has 1 unspecified atom stereocenters. The van der Waals surface area contributed by atoms with Crippen LogP contribution >= 0.6 is 0 Å². The standard InChI is InChI=1S/C27H24F3N5O3/c1-34-24(19-6-5-15(13-31)11-20(19)25(37)33-17-9-10-32-14-17)23-21(7-8-22(23)36)35(26(34)38)18-4-2-3-16(12-18)27(28,29)30/h2-6,11-12,17,24,32H,7-10,14H2,1H3,(H,33,37)/t17-,24?/m1/s1. The highest BCUT2D eigenvalue weighted by Crippen LogP contribution is 2.45. The number of likely N-dealkylation sites (N-methyl/N-ethyl adjacent to an activating group) is 1. The number of rotatable bonds is 4. The number of nitrogens with one attached hydrogen (secondary N) is 2. The molecule has 3 aliphatic rings. The third kappa shape index (κ3) is 4.41. The summed E-state index contributed by atoms with van der Waals surface area (Å²) in [5, 5.41) is 15.6. The molecular weight excluding hydrogens is 499 g/mol. The zero-order chi connectivity index (χ0) is 27.2. The van der Waals surface area contributed by atoms with Gasteiger partial charge in [-0.1, -0.05) is 12.1 Å². The number of Topliss-reactive ketones (excluding diaryl/α,β-unsaturated/α-hetero) is 1. The first-order valence-corrected chi connectivity index (χ1v) is 12.2. The number of allylic oxidation sites excluding steroid dienone is 1. The Hall–Kier alpha value is -4.17. The maximum atomic E-state index is 13.7. The molecule has 8 nitrogen and oxygen atoms in total. The number of hydrogen-bond donors (Lipinski definition) is 2. The molecule has 2 atom stereocenters. The molecule has 2 aromatic carbocycles. The van der Waals surface area contributed by atoms with Crippen molar-refractivity contribution in [3.8, 4) is 6.07 Å². The van der Waals surface area contributed by atoms with Crippen LogP contribution in [-0.2, 0) is 11.0 Å². The molecule has 11 heteroatoms. The van der Waals surface area contributed by atoms with Crippen molar-refractivity contribution in [1.29, 1.82) is 5.26 Å². The molecule has 1 saturated heterocycles. The van der Waals surface area contributed by atoms with E-state index in [0.29, 0.717) is 17.8 Å². The van der Waals surface area contributed by atoms with Crippen molar-refractivity contribution in [3.05, 3.63) is 76.0 Å². The third-order valence-electron chi connectivity index (χ3n) is 7.17. The Morgan fingerprint density at radius 3 is 2.63 bits per heavy atom. The van der Waals surface area contributed by atoms with Crippen LogP contribution in [0.1, 0.15) is 52.4 Å². The van der Waals surface area contributed by atoms with Gasteiger partial charge < -0.3 is 15.5 Å². The van der Waals surface area contributed by atoms with E-state index >= 15 is 0 Å². The van der Waals surface area contributed by atoms with E-state index in [1.807, 2.05) is 6.07 Å². The first-order chi connectivity index (χ1) is 18.1. The van der Waals surface area contributed by atoms with Crippen LogP contribution in [-0.4, -0.2) is 48.8 Å². The number of halogens is 3. The molecule has 5 rings (SSSR count). The van der Waals surface area contributed by atoms with Gasteiger partial charge in [-0.2, -0.15) is 18.4 Å². The molecule has 1 fully saturated rings. The van der Waals surface area contributed by atoms with Crippen molar-refractivity contribution >= 4 is 23.4 Å². The van der Waals surface area contributed by atoms with Gasteiger partial charge in [0.05, 0.1) is 28.9 Å². The number of urea groups is 1. The molecule has 0 aromatic heterocycles. The first-order valence-electron chi connectivity index (χ1n) is 12.2. The highest BCUT2D eigenvalue weighted by atomic mass is 19.4. The normalized spacial score (nSPS) is 21.6. The summed E-state index contributed by atoms with van der Waals surface area (Å²) in [7, 11) is 1.45. The highest BCUT2D eigenvalue weighted by molar-refractivity contribution is 6.09. The lowest BCUT2D eigenvalue weighted by Crippen LogP contribution is -2.48. The van der Waals surface area contributed by atoms with Crippen molar-refractivity contribution in [2.75, 3.05) is 25.0 Å². The topological polar surface area (TPSA) is 106 Å². The maximum absolute atomic E-state index is 13.7.